The van der Waals surface area contributed by atoms with Crippen LogP contribution >= 0.6 is 27.3 Å². The van der Waals surface area contributed by atoms with E-state index in [1.165, 1.54) is 17.7 Å². The Bertz CT molecular complexity index is 394. The summed E-state index contributed by atoms with van der Waals surface area (Å²) in [6.45, 7) is 4.46. The van der Waals surface area contributed by atoms with Gasteiger partial charge in [0.15, 0.2) is 0 Å². The Morgan fingerprint density at radius 3 is 2.88 bits per heavy atom. The molecule has 0 aromatic carbocycles. The van der Waals surface area contributed by atoms with E-state index in [0.29, 0.717) is 12.2 Å². The van der Waals surface area contributed by atoms with Crippen molar-refractivity contribution < 1.29 is 4.79 Å². The molecule has 1 aromatic heterocycles. The molecule has 1 atom stereocenters. The largest absolute Gasteiger partial charge is 0.299 e. The maximum atomic E-state index is 12.3. The molecule has 0 amide bonds. The fourth-order valence-corrected chi connectivity index (χ4v) is 4.16. The van der Waals surface area contributed by atoms with Crippen molar-refractivity contribution in [2.75, 3.05) is 0 Å². The van der Waals surface area contributed by atoms with E-state index >= 15 is 0 Å². The van der Waals surface area contributed by atoms with Crippen molar-refractivity contribution >= 4 is 33.0 Å². The third kappa shape index (κ3) is 2.40. The highest BCUT2D eigenvalue weighted by Gasteiger charge is 2.38. The smallest absolute Gasteiger partial charge is 0.141 e. The summed E-state index contributed by atoms with van der Waals surface area (Å²) in [5.74, 6) is 0.687. The maximum absolute atomic E-state index is 12.3. The lowest BCUT2D eigenvalue weighted by atomic mass is 9.78. The Balaban J connectivity index is 2.07. The SMILES string of the molecule is CC1(C)CCCC1C(=O)Cc1sccc1Br. The molecule has 88 valence electrons. The predicted molar refractivity (Wildman–Crippen MR) is 71.9 cm³/mol. The molecule has 0 saturated heterocycles. The second-order valence-corrected chi connectivity index (χ2v) is 7.12. The number of thiophene rings is 1. The Morgan fingerprint density at radius 1 is 1.62 bits per heavy atom. The molecule has 1 aliphatic rings. The molecule has 1 saturated carbocycles. The zero-order valence-electron chi connectivity index (χ0n) is 9.75. The summed E-state index contributed by atoms with van der Waals surface area (Å²) in [5, 5.41) is 2.03. The molecule has 2 rings (SSSR count). The van der Waals surface area contributed by atoms with Gasteiger partial charge in [-0.25, -0.2) is 0 Å². The number of carbonyl (C=O) groups is 1. The molecule has 0 radical (unpaired) electrons. The molecule has 1 unspecified atom stereocenters. The number of hydrogen-bond acceptors (Lipinski definition) is 2. The highest BCUT2D eigenvalue weighted by Crippen LogP contribution is 2.43. The van der Waals surface area contributed by atoms with Gasteiger partial charge in [0.05, 0.1) is 0 Å². The molecule has 0 N–H and O–H groups in total. The zero-order chi connectivity index (χ0) is 11.8. The van der Waals surface area contributed by atoms with E-state index in [9.17, 15) is 4.79 Å². The first-order chi connectivity index (χ1) is 7.50. The molecule has 0 spiro atoms. The van der Waals surface area contributed by atoms with Gasteiger partial charge >= 0.3 is 0 Å². The van der Waals surface area contributed by atoms with Crippen LogP contribution in [0, 0.1) is 11.3 Å². The maximum Gasteiger partial charge on any atom is 0.141 e. The molecule has 1 aromatic rings. The lowest BCUT2D eigenvalue weighted by Crippen LogP contribution is -2.26. The van der Waals surface area contributed by atoms with Crippen LogP contribution in [0.15, 0.2) is 15.9 Å². The van der Waals surface area contributed by atoms with Crippen molar-refractivity contribution in [3.63, 3.8) is 0 Å². The Morgan fingerprint density at radius 2 is 2.38 bits per heavy atom. The number of Topliss-reactive ketones (excluding diaryl/α,β-unsaturated/α-hetero) is 1. The van der Waals surface area contributed by atoms with Crippen LogP contribution in [0.2, 0.25) is 0 Å². The van der Waals surface area contributed by atoms with Crippen LogP contribution in [0.1, 0.15) is 38.0 Å². The van der Waals surface area contributed by atoms with Crippen molar-refractivity contribution in [2.24, 2.45) is 11.3 Å². The second kappa shape index (κ2) is 4.61. The minimum absolute atomic E-state index is 0.209. The minimum atomic E-state index is 0.209. The zero-order valence-corrected chi connectivity index (χ0v) is 12.2. The molecule has 16 heavy (non-hydrogen) atoms. The van der Waals surface area contributed by atoms with Gasteiger partial charge in [0, 0.05) is 21.7 Å². The molecule has 1 nitrogen and oxygen atoms in total. The van der Waals surface area contributed by atoms with Crippen LogP contribution in [0.25, 0.3) is 0 Å². The predicted octanol–water partition coefficient (Wildman–Crippen LogP) is 4.45. The van der Waals surface area contributed by atoms with Gasteiger partial charge < -0.3 is 0 Å². The highest BCUT2D eigenvalue weighted by molar-refractivity contribution is 9.10. The van der Waals surface area contributed by atoms with E-state index in [0.717, 1.165) is 10.9 Å². The van der Waals surface area contributed by atoms with Crippen LogP contribution in [0.3, 0.4) is 0 Å². The lowest BCUT2D eigenvalue weighted by molar-refractivity contribution is -0.124. The first kappa shape index (κ1) is 12.3. The van der Waals surface area contributed by atoms with Crippen molar-refractivity contribution in [2.45, 2.75) is 39.5 Å². The van der Waals surface area contributed by atoms with Crippen molar-refractivity contribution in [3.8, 4) is 0 Å². The highest BCUT2D eigenvalue weighted by atomic mass is 79.9. The van der Waals surface area contributed by atoms with Crippen LogP contribution in [-0.4, -0.2) is 5.78 Å². The normalized spacial score (nSPS) is 23.6. The van der Waals surface area contributed by atoms with Crippen LogP contribution in [0.5, 0.6) is 0 Å². The Kier molecular flexibility index (Phi) is 3.55. The van der Waals surface area contributed by atoms with Gasteiger partial charge in [0.2, 0.25) is 0 Å². The molecule has 1 heterocycles. The van der Waals surface area contributed by atoms with Gasteiger partial charge in [0.25, 0.3) is 0 Å². The third-order valence-electron chi connectivity index (χ3n) is 3.67. The van der Waals surface area contributed by atoms with Gasteiger partial charge in [0.1, 0.15) is 5.78 Å². The van der Waals surface area contributed by atoms with E-state index < -0.39 is 0 Å². The fourth-order valence-electron chi connectivity index (χ4n) is 2.66. The van der Waals surface area contributed by atoms with Crippen molar-refractivity contribution in [1.82, 2.24) is 0 Å². The topological polar surface area (TPSA) is 17.1 Å². The standard InChI is InChI=1S/C13H17BrOS/c1-13(2)6-3-4-9(13)11(15)8-12-10(14)5-7-16-12/h5,7,9H,3-4,6,8H2,1-2H3. The summed E-state index contributed by atoms with van der Waals surface area (Å²) in [4.78, 5) is 13.4. The van der Waals surface area contributed by atoms with Gasteiger partial charge in [-0.3, -0.25) is 4.79 Å². The Hall–Kier alpha value is -0.150. The van der Waals surface area contributed by atoms with Crippen molar-refractivity contribution in [3.05, 3.63) is 20.8 Å². The molecule has 1 fully saturated rings. The van der Waals surface area contributed by atoms with Crippen molar-refractivity contribution in [1.29, 1.82) is 0 Å². The van der Waals surface area contributed by atoms with Crippen LogP contribution < -0.4 is 0 Å². The summed E-state index contributed by atoms with van der Waals surface area (Å²) in [6.07, 6.45) is 4.07. The third-order valence-corrected chi connectivity index (χ3v) is 5.60. The van der Waals surface area contributed by atoms with Gasteiger partial charge in [-0.05, 0) is 45.6 Å². The molecule has 3 heteroatoms. The minimum Gasteiger partial charge on any atom is -0.299 e. The average Bonchev–Trinajstić information content (AvgIpc) is 2.73. The quantitative estimate of drug-likeness (QED) is 0.806. The van der Waals surface area contributed by atoms with E-state index in [1.807, 2.05) is 11.4 Å². The molecular weight excluding hydrogens is 284 g/mol. The monoisotopic (exact) mass is 300 g/mol. The molecular formula is C13H17BrOS. The average molecular weight is 301 g/mol. The number of ketones is 1. The first-order valence-corrected chi connectivity index (χ1v) is 7.42. The van der Waals surface area contributed by atoms with Gasteiger partial charge in [-0.1, -0.05) is 20.3 Å². The number of halogens is 1. The number of carbonyl (C=O) groups excluding carboxylic acids is 1. The number of hydrogen-bond donors (Lipinski definition) is 0. The lowest BCUT2D eigenvalue weighted by Gasteiger charge is -2.25. The van der Waals surface area contributed by atoms with Gasteiger partial charge in [-0.2, -0.15) is 0 Å². The van der Waals surface area contributed by atoms with E-state index in [-0.39, 0.29) is 11.3 Å². The molecule has 0 aliphatic heterocycles. The van der Waals surface area contributed by atoms with E-state index in [4.69, 9.17) is 0 Å². The Labute approximate surface area is 109 Å². The van der Waals surface area contributed by atoms with Gasteiger partial charge in [-0.15, -0.1) is 11.3 Å². The van der Waals surface area contributed by atoms with E-state index in [2.05, 4.69) is 29.8 Å². The fraction of sp³-hybridized carbons (Fsp3) is 0.615. The van der Waals surface area contributed by atoms with E-state index in [1.54, 1.807) is 11.3 Å². The second-order valence-electron chi connectivity index (χ2n) is 5.27. The summed E-state index contributed by atoms with van der Waals surface area (Å²) < 4.78 is 1.08. The summed E-state index contributed by atoms with van der Waals surface area (Å²) >= 11 is 5.16. The summed E-state index contributed by atoms with van der Waals surface area (Å²) in [5.41, 5.74) is 0.209. The van der Waals surface area contributed by atoms with Crippen LogP contribution in [-0.2, 0) is 11.2 Å². The van der Waals surface area contributed by atoms with Crippen LogP contribution in [0.4, 0.5) is 0 Å². The number of rotatable bonds is 3. The summed E-state index contributed by atoms with van der Waals surface area (Å²) in [7, 11) is 0. The molecule has 0 bridgehead atoms. The first-order valence-electron chi connectivity index (χ1n) is 5.75. The summed E-state index contributed by atoms with van der Waals surface area (Å²) in [6, 6.07) is 2.02. The molecule has 1 aliphatic carbocycles.